The summed E-state index contributed by atoms with van der Waals surface area (Å²) < 4.78 is 1.71. The molecule has 1 fully saturated rings. The topological polar surface area (TPSA) is 64.2 Å². The molecule has 1 aliphatic rings. The average Bonchev–Trinajstić information content (AvgIpc) is 2.63. The van der Waals surface area contributed by atoms with Crippen LogP contribution in [0.25, 0.3) is 0 Å². The number of aryl methyl sites for hydroxylation is 2. The molecule has 0 saturated carbocycles. The number of nitrogen functional groups attached to an aromatic ring is 1. The van der Waals surface area contributed by atoms with E-state index in [4.69, 9.17) is 5.73 Å². The van der Waals surface area contributed by atoms with Gasteiger partial charge in [-0.1, -0.05) is 13.8 Å². The Balaban J connectivity index is 2.29. The fourth-order valence-electron chi connectivity index (χ4n) is 2.54. The number of rotatable bonds is 2. The van der Waals surface area contributed by atoms with E-state index >= 15 is 0 Å². The number of thioether (sulfide) groups is 1. The molecule has 0 spiro atoms. The fourth-order valence-corrected chi connectivity index (χ4v) is 3.87. The van der Waals surface area contributed by atoms with Gasteiger partial charge in [-0.15, -0.1) is 0 Å². The third-order valence-corrected chi connectivity index (χ3v) is 4.61. The van der Waals surface area contributed by atoms with Crippen LogP contribution in [0, 0.1) is 6.92 Å². The second-order valence-corrected chi connectivity index (χ2v) is 7.01. The molecule has 106 valence electrons. The van der Waals surface area contributed by atoms with Crippen molar-refractivity contribution in [2.75, 3.05) is 18.8 Å². The average molecular weight is 282 g/mol. The molecule has 2 heterocycles. The summed E-state index contributed by atoms with van der Waals surface area (Å²) in [6.07, 6.45) is 0. The van der Waals surface area contributed by atoms with Crippen molar-refractivity contribution < 1.29 is 4.79 Å². The van der Waals surface area contributed by atoms with Gasteiger partial charge in [0.25, 0.3) is 5.91 Å². The molecule has 5 nitrogen and oxygen atoms in total. The number of amides is 1. The van der Waals surface area contributed by atoms with Gasteiger partial charge in [0.15, 0.2) is 0 Å². The Morgan fingerprint density at radius 1 is 1.42 bits per heavy atom. The predicted molar refractivity (Wildman–Crippen MR) is 79.5 cm³/mol. The molecule has 0 aliphatic carbocycles. The first-order valence-electron chi connectivity index (χ1n) is 6.71. The third-order valence-electron chi connectivity index (χ3n) is 3.38. The smallest absolute Gasteiger partial charge is 0.274 e. The number of hydrogen-bond donors (Lipinski definition) is 1. The van der Waals surface area contributed by atoms with Gasteiger partial charge in [0.1, 0.15) is 5.69 Å². The van der Waals surface area contributed by atoms with Gasteiger partial charge in [-0.2, -0.15) is 16.9 Å². The quantitative estimate of drug-likeness (QED) is 0.897. The van der Waals surface area contributed by atoms with Crippen LogP contribution in [0.4, 0.5) is 5.69 Å². The zero-order valence-corrected chi connectivity index (χ0v) is 12.8. The Labute approximate surface area is 118 Å². The van der Waals surface area contributed by atoms with Gasteiger partial charge < -0.3 is 10.6 Å². The molecular formula is C13H22N4OS. The van der Waals surface area contributed by atoms with Crippen LogP contribution in [0.1, 0.15) is 37.0 Å². The highest BCUT2D eigenvalue weighted by atomic mass is 32.2. The molecule has 19 heavy (non-hydrogen) atoms. The lowest BCUT2D eigenvalue weighted by atomic mass is 10.2. The van der Waals surface area contributed by atoms with Gasteiger partial charge in [0.05, 0.1) is 11.4 Å². The standard InChI is InChI=1S/C13H22N4OS/c1-5-17-12(11(14)10(4)15-17)13(18)16-6-8(2)19-9(3)7-16/h8-9H,5-7,14H2,1-4H3. The molecule has 1 saturated heterocycles. The summed E-state index contributed by atoms with van der Waals surface area (Å²) >= 11 is 1.93. The molecule has 2 N–H and O–H groups in total. The van der Waals surface area contributed by atoms with E-state index in [1.54, 1.807) is 4.68 Å². The summed E-state index contributed by atoms with van der Waals surface area (Å²) in [5, 5.41) is 5.25. The molecule has 0 radical (unpaired) electrons. The van der Waals surface area contributed by atoms with E-state index in [2.05, 4.69) is 18.9 Å². The Morgan fingerprint density at radius 3 is 2.53 bits per heavy atom. The van der Waals surface area contributed by atoms with Gasteiger partial charge >= 0.3 is 0 Å². The number of anilines is 1. The summed E-state index contributed by atoms with van der Waals surface area (Å²) in [5.41, 5.74) is 7.82. The molecule has 1 amide bonds. The van der Waals surface area contributed by atoms with Gasteiger partial charge in [0.2, 0.25) is 0 Å². The molecule has 6 heteroatoms. The molecule has 1 aromatic heterocycles. The first-order chi connectivity index (χ1) is 8.93. The van der Waals surface area contributed by atoms with Gasteiger partial charge in [-0.3, -0.25) is 9.48 Å². The highest BCUT2D eigenvalue weighted by Crippen LogP contribution is 2.27. The van der Waals surface area contributed by atoms with E-state index in [1.165, 1.54) is 0 Å². The van der Waals surface area contributed by atoms with E-state index in [1.807, 2.05) is 30.5 Å². The van der Waals surface area contributed by atoms with E-state index in [-0.39, 0.29) is 5.91 Å². The minimum atomic E-state index is 0.0129. The second kappa shape index (κ2) is 5.45. The maximum atomic E-state index is 12.7. The number of nitrogens with zero attached hydrogens (tertiary/aromatic N) is 3. The molecule has 1 aliphatic heterocycles. The largest absolute Gasteiger partial charge is 0.395 e. The van der Waals surface area contributed by atoms with Gasteiger partial charge in [-0.25, -0.2) is 0 Å². The van der Waals surface area contributed by atoms with Crippen molar-refractivity contribution in [1.29, 1.82) is 0 Å². The Hall–Kier alpha value is -1.17. The monoisotopic (exact) mass is 282 g/mol. The molecule has 0 aromatic carbocycles. The van der Waals surface area contributed by atoms with E-state index in [0.717, 1.165) is 18.8 Å². The normalized spacial score (nSPS) is 23.7. The van der Waals surface area contributed by atoms with Crippen LogP contribution >= 0.6 is 11.8 Å². The molecule has 0 bridgehead atoms. The van der Waals surface area contributed by atoms with Crippen molar-refractivity contribution in [3.63, 3.8) is 0 Å². The lowest BCUT2D eigenvalue weighted by Gasteiger charge is -2.34. The molecule has 2 unspecified atom stereocenters. The summed E-state index contributed by atoms with van der Waals surface area (Å²) in [6.45, 7) is 10.4. The number of aromatic nitrogens is 2. The number of hydrogen-bond acceptors (Lipinski definition) is 4. The summed E-state index contributed by atoms with van der Waals surface area (Å²) in [5.74, 6) is 0.0129. The maximum absolute atomic E-state index is 12.7. The van der Waals surface area contributed by atoms with Crippen LogP contribution in [0.2, 0.25) is 0 Å². The number of carbonyl (C=O) groups is 1. The number of nitrogens with two attached hydrogens (primary N) is 1. The Morgan fingerprint density at radius 2 is 2.00 bits per heavy atom. The van der Waals surface area contributed by atoms with Crippen LogP contribution in [0.3, 0.4) is 0 Å². The SMILES string of the molecule is CCn1nc(C)c(N)c1C(=O)N1CC(C)SC(C)C1. The van der Waals surface area contributed by atoms with Gasteiger partial charge in [-0.05, 0) is 13.8 Å². The summed E-state index contributed by atoms with van der Waals surface area (Å²) in [4.78, 5) is 14.6. The van der Waals surface area contributed by atoms with Crippen LogP contribution in [0.15, 0.2) is 0 Å². The molecule has 2 rings (SSSR count). The number of carbonyl (C=O) groups excluding carboxylic acids is 1. The molecular weight excluding hydrogens is 260 g/mol. The third kappa shape index (κ3) is 2.73. The fraction of sp³-hybridized carbons (Fsp3) is 0.692. The first-order valence-corrected chi connectivity index (χ1v) is 7.65. The Bertz CT molecular complexity index is 475. The van der Waals surface area contributed by atoms with Crippen molar-refractivity contribution in [3.8, 4) is 0 Å². The molecule has 1 aromatic rings. The van der Waals surface area contributed by atoms with Crippen LogP contribution in [-0.2, 0) is 6.54 Å². The van der Waals surface area contributed by atoms with E-state index in [9.17, 15) is 4.79 Å². The lowest BCUT2D eigenvalue weighted by molar-refractivity contribution is 0.0742. The molecule has 2 atom stereocenters. The van der Waals surface area contributed by atoms with Crippen molar-refractivity contribution in [3.05, 3.63) is 11.4 Å². The Kier molecular flexibility index (Phi) is 4.08. The second-order valence-electron chi connectivity index (χ2n) is 5.13. The van der Waals surface area contributed by atoms with Crippen molar-refractivity contribution in [2.24, 2.45) is 0 Å². The zero-order chi connectivity index (χ0) is 14.2. The zero-order valence-electron chi connectivity index (χ0n) is 12.0. The predicted octanol–water partition coefficient (Wildman–Crippen LogP) is 1.76. The van der Waals surface area contributed by atoms with Crippen LogP contribution in [0.5, 0.6) is 0 Å². The first kappa shape index (κ1) is 14.2. The maximum Gasteiger partial charge on any atom is 0.274 e. The minimum Gasteiger partial charge on any atom is -0.395 e. The van der Waals surface area contributed by atoms with Crippen LogP contribution in [-0.4, -0.2) is 44.2 Å². The lowest BCUT2D eigenvalue weighted by Crippen LogP contribution is -2.44. The van der Waals surface area contributed by atoms with Crippen LogP contribution < -0.4 is 5.73 Å². The highest BCUT2D eigenvalue weighted by Gasteiger charge is 2.30. The highest BCUT2D eigenvalue weighted by molar-refractivity contribution is 8.00. The summed E-state index contributed by atoms with van der Waals surface area (Å²) in [7, 11) is 0. The summed E-state index contributed by atoms with van der Waals surface area (Å²) in [6, 6.07) is 0. The van der Waals surface area contributed by atoms with Gasteiger partial charge in [0, 0.05) is 30.1 Å². The van der Waals surface area contributed by atoms with Crippen molar-refractivity contribution >= 4 is 23.4 Å². The van der Waals surface area contributed by atoms with Crippen molar-refractivity contribution in [1.82, 2.24) is 14.7 Å². The van der Waals surface area contributed by atoms with Crippen molar-refractivity contribution in [2.45, 2.75) is 44.7 Å². The minimum absolute atomic E-state index is 0.0129. The van der Waals surface area contributed by atoms with E-state index in [0.29, 0.717) is 28.4 Å². The van der Waals surface area contributed by atoms with E-state index < -0.39 is 0 Å².